The van der Waals surface area contributed by atoms with E-state index in [0.29, 0.717) is 12.2 Å². The number of aromatic amines is 1. The first-order valence-electron chi connectivity index (χ1n) is 9.80. The first kappa shape index (κ1) is 20.7. The monoisotopic (exact) mass is 400 g/mol. The zero-order valence-electron chi connectivity index (χ0n) is 17.0. The molecule has 1 fully saturated rings. The van der Waals surface area contributed by atoms with E-state index in [1.165, 1.54) is 0 Å². The third kappa shape index (κ3) is 6.51. The van der Waals surface area contributed by atoms with Crippen molar-refractivity contribution >= 4 is 18.0 Å². The van der Waals surface area contributed by atoms with Crippen molar-refractivity contribution in [2.24, 2.45) is 0 Å². The molecule has 3 rings (SSSR count). The van der Waals surface area contributed by atoms with Gasteiger partial charge < -0.3 is 14.8 Å². The molecule has 1 aromatic heterocycles. The predicted octanol–water partition coefficient (Wildman–Crippen LogP) is 4.32. The number of nitrogens with zero attached hydrogens (tertiary/aromatic N) is 1. The summed E-state index contributed by atoms with van der Waals surface area (Å²) in [5.41, 5.74) is 1.43. The number of anilines is 1. The number of amides is 2. The minimum Gasteiger partial charge on any atom is -0.446 e. The van der Waals surface area contributed by atoms with Crippen LogP contribution in [0.5, 0.6) is 0 Å². The second-order valence-electron chi connectivity index (χ2n) is 8.31. The summed E-state index contributed by atoms with van der Waals surface area (Å²) >= 11 is 0. The van der Waals surface area contributed by atoms with E-state index in [1.54, 1.807) is 6.07 Å². The fourth-order valence-electron chi connectivity index (χ4n) is 3.28. The van der Waals surface area contributed by atoms with Gasteiger partial charge in [0.05, 0.1) is 5.69 Å². The van der Waals surface area contributed by atoms with Gasteiger partial charge in [-0.3, -0.25) is 10.4 Å². The van der Waals surface area contributed by atoms with Crippen LogP contribution in [-0.4, -0.2) is 34.0 Å². The molecule has 3 N–H and O–H groups in total. The molecule has 2 atom stereocenters. The molecule has 1 aliphatic carbocycles. The van der Waals surface area contributed by atoms with Gasteiger partial charge in [0.15, 0.2) is 0 Å². The summed E-state index contributed by atoms with van der Waals surface area (Å²) in [7, 11) is 0. The highest BCUT2D eigenvalue weighted by Gasteiger charge is 2.31. The van der Waals surface area contributed by atoms with Gasteiger partial charge in [-0.25, -0.2) is 9.59 Å². The van der Waals surface area contributed by atoms with Gasteiger partial charge in [-0.1, -0.05) is 30.3 Å². The Balaban J connectivity index is 1.45. The Bertz CT molecular complexity index is 829. The Morgan fingerprint density at radius 3 is 2.66 bits per heavy atom. The summed E-state index contributed by atoms with van der Waals surface area (Å²) in [4.78, 5) is 23.9. The molecule has 0 bridgehead atoms. The van der Waals surface area contributed by atoms with Crippen molar-refractivity contribution in [1.82, 2.24) is 15.5 Å². The number of ether oxygens (including phenoxy) is 2. The standard InChI is InChI=1S/C21H28N4O4/c1-21(2,3)23-20(27)29-16-10-9-15(11-16)17-12-18(25-24-17)22-19(26)28-13-14-7-5-4-6-8-14/h4-8,12,15-16H,9-11,13H2,1-3H3,(H,23,27)(H2,22,24,25,26)/t15-,16?/m0/s1. The maximum atomic E-state index is 12.0. The minimum absolute atomic E-state index is 0.133. The van der Waals surface area contributed by atoms with Gasteiger partial charge in [0.25, 0.3) is 0 Å². The topological polar surface area (TPSA) is 105 Å². The van der Waals surface area contributed by atoms with Crippen molar-refractivity contribution in [3.8, 4) is 0 Å². The third-order valence-corrected chi connectivity index (χ3v) is 4.60. The molecular weight excluding hydrogens is 372 g/mol. The van der Waals surface area contributed by atoms with Crippen LogP contribution in [0.3, 0.4) is 0 Å². The largest absolute Gasteiger partial charge is 0.446 e. The molecule has 0 spiro atoms. The van der Waals surface area contributed by atoms with Gasteiger partial charge in [-0.05, 0) is 45.6 Å². The highest BCUT2D eigenvalue weighted by molar-refractivity contribution is 5.83. The summed E-state index contributed by atoms with van der Waals surface area (Å²) in [6.07, 6.45) is 1.29. The third-order valence-electron chi connectivity index (χ3n) is 4.60. The number of hydrogen-bond donors (Lipinski definition) is 3. The summed E-state index contributed by atoms with van der Waals surface area (Å²) in [5, 5.41) is 12.6. The van der Waals surface area contributed by atoms with Crippen LogP contribution in [0.1, 0.15) is 57.2 Å². The molecule has 0 radical (unpaired) electrons. The van der Waals surface area contributed by atoms with E-state index in [-0.39, 0.29) is 24.2 Å². The van der Waals surface area contributed by atoms with Crippen molar-refractivity contribution in [2.45, 2.75) is 64.2 Å². The van der Waals surface area contributed by atoms with Crippen LogP contribution in [0.4, 0.5) is 15.4 Å². The molecule has 8 nitrogen and oxygen atoms in total. The summed E-state index contributed by atoms with van der Waals surface area (Å²) in [6.45, 7) is 5.93. The number of carbonyl (C=O) groups excluding carboxylic acids is 2. The number of alkyl carbamates (subject to hydrolysis) is 1. The van der Waals surface area contributed by atoms with Crippen LogP contribution >= 0.6 is 0 Å². The Morgan fingerprint density at radius 2 is 1.93 bits per heavy atom. The normalized spacial score (nSPS) is 18.9. The minimum atomic E-state index is -0.546. The predicted molar refractivity (Wildman–Crippen MR) is 109 cm³/mol. The van der Waals surface area contributed by atoms with Crippen molar-refractivity contribution in [2.75, 3.05) is 5.32 Å². The van der Waals surface area contributed by atoms with Gasteiger partial charge in [-0.15, -0.1) is 0 Å². The molecule has 1 aliphatic rings. The van der Waals surface area contributed by atoms with Crippen molar-refractivity contribution in [3.63, 3.8) is 0 Å². The van der Waals surface area contributed by atoms with Gasteiger partial charge in [-0.2, -0.15) is 5.10 Å². The Hall–Kier alpha value is -3.03. The number of H-pyrrole nitrogens is 1. The fourth-order valence-corrected chi connectivity index (χ4v) is 3.28. The highest BCUT2D eigenvalue weighted by atomic mass is 16.6. The lowest BCUT2D eigenvalue weighted by Crippen LogP contribution is -2.42. The maximum Gasteiger partial charge on any atom is 0.413 e. The quantitative estimate of drug-likeness (QED) is 0.693. The summed E-state index contributed by atoms with van der Waals surface area (Å²) < 4.78 is 10.7. The molecule has 0 saturated heterocycles. The van der Waals surface area contributed by atoms with E-state index >= 15 is 0 Å². The second kappa shape index (κ2) is 8.98. The number of aromatic nitrogens is 2. The lowest BCUT2D eigenvalue weighted by Gasteiger charge is -2.21. The van der Waals surface area contributed by atoms with E-state index in [1.807, 2.05) is 51.1 Å². The van der Waals surface area contributed by atoms with E-state index in [2.05, 4.69) is 20.8 Å². The number of rotatable bonds is 5. The van der Waals surface area contributed by atoms with Crippen LogP contribution in [0.25, 0.3) is 0 Å². The maximum absolute atomic E-state index is 12.0. The summed E-state index contributed by atoms with van der Waals surface area (Å²) in [6, 6.07) is 11.3. The molecule has 29 heavy (non-hydrogen) atoms. The lowest BCUT2D eigenvalue weighted by atomic mass is 10.0. The van der Waals surface area contributed by atoms with Crippen LogP contribution in [0.15, 0.2) is 36.4 Å². The molecule has 2 aromatic rings. The number of hydrogen-bond acceptors (Lipinski definition) is 5. The Morgan fingerprint density at radius 1 is 1.17 bits per heavy atom. The van der Waals surface area contributed by atoms with Crippen molar-refractivity contribution < 1.29 is 19.1 Å². The van der Waals surface area contributed by atoms with Gasteiger partial charge in [0, 0.05) is 17.5 Å². The zero-order valence-corrected chi connectivity index (χ0v) is 17.0. The van der Waals surface area contributed by atoms with Gasteiger partial charge in [0.1, 0.15) is 18.5 Å². The molecule has 0 aliphatic heterocycles. The molecule has 1 unspecified atom stereocenters. The smallest absolute Gasteiger partial charge is 0.413 e. The number of benzene rings is 1. The Kier molecular flexibility index (Phi) is 6.41. The fraction of sp³-hybridized carbons (Fsp3) is 0.476. The first-order chi connectivity index (χ1) is 13.8. The second-order valence-corrected chi connectivity index (χ2v) is 8.31. The van der Waals surface area contributed by atoms with Crippen LogP contribution in [0, 0.1) is 0 Å². The molecule has 156 valence electrons. The van der Waals surface area contributed by atoms with E-state index in [4.69, 9.17) is 9.47 Å². The van der Waals surface area contributed by atoms with Crippen LogP contribution in [0.2, 0.25) is 0 Å². The molecular formula is C21H28N4O4. The average molecular weight is 400 g/mol. The molecule has 1 aromatic carbocycles. The Labute approximate surface area is 170 Å². The van der Waals surface area contributed by atoms with Gasteiger partial charge in [0.2, 0.25) is 0 Å². The van der Waals surface area contributed by atoms with E-state index in [9.17, 15) is 9.59 Å². The molecule has 1 heterocycles. The zero-order chi connectivity index (χ0) is 20.9. The molecule has 8 heteroatoms. The van der Waals surface area contributed by atoms with E-state index in [0.717, 1.165) is 24.1 Å². The first-order valence-corrected chi connectivity index (χ1v) is 9.80. The number of nitrogens with one attached hydrogen (secondary N) is 3. The van der Waals surface area contributed by atoms with Crippen LogP contribution < -0.4 is 10.6 Å². The highest BCUT2D eigenvalue weighted by Crippen LogP contribution is 2.35. The van der Waals surface area contributed by atoms with Gasteiger partial charge >= 0.3 is 12.2 Å². The summed E-state index contributed by atoms with van der Waals surface area (Å²) in [5.74, 6) is 0.655. The lowest BCUT2D eigenvalue weighted by molar-refractivity contribution is 0.0936. The SMILES string of the molecule is CC(C)(C)NC(=O)OC1CC[C@H](c2cc(NC(=O)OCc3ccccc3)[nH]n2)C1. The van der Waals surface area contributed by atoms with Crippen molar-refractivity contribution in [3.05, 3.63) is 47.7 Å². The van der Waals surface area contributed by atoms with E-state index < -0.39 is 12.2 Å². The van der Waals surface area contributed by atoms with Crippen molar-refractivity contribution in [1.29, 1.82) is 0 Å². The number of carbonyl (C=O) groups is 2. The molecule has 1 saturated carbocycles. The average Bonchev–Trinajstić information content (AvgIpc) is 3.28. The molecule has 2 amide bonds. The van der Waals surface area contributed by atoms with Crippen LogP contribution in [-0.2, 0) is 16.1 Å².